The second-order valence-corrected chi connectivity index (χ2v) is 5.65. The number of para-hydroxylation sites is 1. The van der Waals surface area contributed by atoms with Gasteiger partial charge >= 0.3 is 0 Å². The summed E-state index contributed by atoms with van der Waals surface area (Å²) in [6.07, 6.45) is 0.572. The van der Waals surface area contributed by atoms with Crippen molar-refractivity contribution in [3.05, 3.63) is 51.5 Å². The molecule has 2 aromatic rings. The van der Waals surface area contributed by atoms with E-state index in [9.17, 15) is 0 Å². The number of halogens is 1. The Morgan fingerprint density at radius 3 is 2.58 bits per heavy atom. The van der Waals surface area contributed by atoms with Gasteiger partial charge in [-0.1, -0.05) is 19.1 Å². The van der Waals surface area contributed by atoms with Gasteiger partial charge < -0.3 is 14.9 Å². The fraction of sp³-hybridized carbons (Fsp3) is 0.333. The quantitative estimate of drug-likeness (QED) is 0.807. The Labute approximate surface area is 127 Å². The van der Waals surface area contributed by atoms with E-state index in [4.69, 9.17) is 14.9 Å². The number of hydrogen-bond acceptors (Lipinski definition) is 3. The summed E-state index contributed by atoms with van der Waals surface area (Å²) in [5.74, 6) is 2.49. The van der Waals surface area contributed by atoms with E-state index in [1.807, 2.05) is 50.2 Å². The summed E-state index contributed by atoms with van der Waals surface area (Å²) < 4.78 is 12.8. The number of nitrogens with two attached hydrogens (primary N) is 1. The summed E-state index contributed by atoms with van der Waals surface area (Å²) in [5.41, 5.74) is 6.17. The van der Waals surface area contributed by atoms with Gasteiger partial charge in [0.05, 0.1) is 3.57 Å². The van der Waals surface area contributed by atoms with Gasteiger partial charge in [0, 0.05) is 6.04 Å². The van der Waals surface area contributed by atoms with Gasteiger partial charge in [0.2, 0.25) is 0 Å². The highest BCUT2D eigenvalue weighted by atomic mass is 127. The maximum Gasteiger partial charge on any atom is 0.171 e. The lowest BCUT2D eigenvalue weighted by Crippen LogP contribution is -2.31. The largest absolute Gasteiger partial charge is 0.480 e. The zero-order valence-corrected chi connectivity index (χ0v) is 13.3. The minimum atomic E-state index is -0.255. The van der Waals surface area contributed by atoms with Crippen LogP contribution in [0.1, 0.15) is 31.0 Å². The molecule has 0 spiro atoms. The maximum absolute atomic E-state index is 6.17. The first kappa shape index (κ1) is 14.4. The third-order valence-electron chi connectivity index (χ3n) is 2.99. The molecule has 0 amide bonds. The zero-order chi connectivity index (χ0) is 13.8. The fourth-order valence-corrected chi connectivity index (χ4v) is 2.37. The van der Waals surface area contributed by atoms with Crippen LogP contribution in [0.4, 0.5) is 0 Å². The molecule has 0 fully saturated rings. The Bertz CT molecular complexity index is 538. The average Bonchev–Trinajstić information content (AvgIpc) is 2.83. The molecule has 0 aliphatic carbocycles. The Kier molecular flexibility index (Phi) is 4.87. The molecule has 3 nitrogen and oxygen atoms in total. The SMILES string of the molecule is CCC(N)C(Oc1ccccc1I)c1ccc(C)o1. The van der Waals surface area contributed by atoms with Gasteiger partial charge in [-0.15, -0.1) is 0 Å². The molecule has 0 bridgehead atoms. The van der Waals surface area contributed by atoms with E-state index < -0.39 is 0 Å². The summed E-state index contributed by atoms with van der Waals surface area (Å²) in [5, 5.41) is 0. The molecule has 2 N–H and O–H groups in total. The Hall–Kier alpha value is -1.01. The number of hydrogen-bond donors (Lipinski definition) is 1. The van der Waals surface area contributed by atoms with Crippen molar-refractivity contribution >= 4 is 22.6 Å². The lowest BCUT2D eigenvalue weighted by molar-refractivity contribution is 0.142. The second-order valence-electron chi connectivity index (χ2n) is 4.49. The van der Waals surface area contributed by atoms with Gasteiger partial charge in [-0.2, -0.15) is 0 Å². The standard InChI is InChI=1S/C15H18INO2/c1-3-12(17)15(14-9-8-10(2)18-14)19-13-7-5-4-6-11(13)16/h4-9,12,15H,3,17H2,1-2H3. The molecule has 0 saturated carbocycles. The third-order valence-corrected chi connectivity index (χ3v) is 3.88. The van der Waals surface area contributed by atoms with E-state index in [1.54, 1.807) is 0 Å². The summed E-state index contributed by atoms with van der Waals surface area (Å²) in [4.78, 5) is 0. The molecule has 2 atom stereocenters. The van der Waals surface area contributed by atoms with Crippen molar-refractivity contribution in [1.82, 2.24) is 0 Å². The first-order valence-corrected chi connectivity index (χ1v) is 7.42. The van der Waals surface area contributed by atoms with Crippen LogP contribution in [-0.2, 0) is 0 Å². The van der Waals surface area contributed by atoms with E-state index in [-0.39, 0.29) is 12.1 Å². The minimum absolute atomic E-state index is 0.0958. The van der Waals surface area contributed by atoms with Crippen molar-refractivity contribution in [1.29, 1.82) is 0 Å². The van der Waals surface area contributed by atoms with Crippen LogP contribution in [0, 0.1) is 10.5 Å². The van der Waals surface area contributed by atoms with E-state index >= 15 is 0 Å². The molecule has 1 heterocycles. The van der Waals surface area contributed by atoms with Crippen LogP contribution in [0.25, 0.3) is 0 Å². The first-order chi connectivity index (χ1) is 9.11. The van der Waals surface area contributed by atoms with Crippen LogP contribution < -0.4 is 10.5 Å². The van der Waals surface area contributed by atoms with Crippen molar-refractivity contribution in [2.45, 2.75) is 32.4 Å². The molecule has 0 saturated heterocycles. The van der Waals surface area contributed by atoms with E-state index in [0.717, 1.165) is 27.3 Å². The molecule has 1 aromatic carbocycles. The minimum Gasteiger partial charge on any atom is -0.480 e. The van der Waals surface area contributed by atoms with Gasteiger partial charge in [-0.05, 0) is 60.2 Å². The Morgan fingerprint density at radius 2 is 2.00 bits per heavy atom. The van der Waals surface area contributed by atoms with E-state index in [2.05, 4.69) is 22.6 Å². The Morgan fingerprint density at radius 1 is 1.26 bits per heavy atom. The summed E-state index contributed by atoms with van der Waals surface area (Å²) in [6, 6.07) is 11.7. The fourth-order valence-electron chi connectivity index (χ4n) is 1.85. The summed E-state index contributed by atoms with van der Waals surface area (Å²) in [7, 11) is 0. The molecular weight excluding hydrogens is 353 g/mol. The van der Waals surface area contributed by atoms with Crippen LogP contribution in [0.2, 0.25) is 0 Å². The van der Waals surface area contributed by atoms with Crippen molar-refractivity contribution in [3.63, 3.8) is 0 Å². The number of rotatable bonds is 5. The van der Waals surface area contributed by atoms with Crippen molar-refractivity contribution in [3.8, 4) is 5.75 Å². The van der Waals surface area contributed by atoms with E-state index in [0.29, 0.717) is 0 Å². The summed E-state index contributed by atoms with van der Waals surface area (Å²) >= 11 is 2.26. The van der Waals surface area contributed by atoms with Crippen LogP contribution >= 0.6 is 22.6 Å². The van der Waals surface area contributed by atoms with Crippen molar-refractivity contribution in [2.75, 3.05) is 0 Å². The van der Waals surface area contributed by atoms with Gasteiger partial charge in [0.15, 0.2) is 6.10 Å². The van der Waals surface area contributed by atoms with Gasteiger partial charge in [0.1, 0.15) is 17.3 Å². The van der Waals surface area contributed by atoms with Crippen LogP contribution in [-0.4, -0.2) is 6.04 Å². The summed E-state index contributed by atoms with van der Waals surface area (Å²) in [6.45, 7) is 3.97. The number of ether oxygens (including phenoxy) is 1. The molecule has 102 valence electrons. The first-order valence-electron chi connectivity index (χ1n) is 6.35. The molecule has 2 unspecified atom stereocenters. The lowest BCUT2D eigenvalue weighted by Gasteiger charge is -2.23. The van der Waals surface area contributed by atoms with Crippen LogP contribution in [0.15, 0.2) is 40.8 Å². The average molecular weight is 371 g/mol. The lowest BCUT2D eigenvalue weighted by atomic mass is 10.1. The number of benzene rings is 1. The van der Waals surface area contributed by atoms with Crippen molar-refractivity contribution < 1.29 is 9.15 Å². The van der Waals surface area contributed by atoms with Crippen LogP contribution in [0.5, 0.6) is 5.75 Å². The highest BCUT2D eigenvalue weighted by Crippen LogP contribution is 2.29. The normalized spacial score (nSPS) is 14.1. The van der Waals surface area contributed by atoms with Crippen molar-refractivity contribution in [2.24, 2.45) is 5.73 Å². The maximum atomic E-state index is 6.17. The third kappa shape index (κ3) is 3.51. The number of aryl methyl sites for hydroxylation is 1. The highest BCUT2D eigenvalue weighted by Gasteiger charge is 2.24. The molecule has 1 aromatic heterocycles. The predicted octanol–water partition coefficient (Wildman–Crippen LogP) is 4.05. The number of furan rings is 1. The molecule has 19 heavy (non-hydrogen) atoms. The zero-order valence-electron chi connectivity index (χ0n) is 11.1. The predicted molar refractivity (Wildman–Crippen MR) is 84.2 cm³/mol. The van der Waals surface area contributed by atoms with Gasteiger partial charge in [-0.25, -0.2) is 0 Å². The molecule has 0 aliphatic rings. The van der Waals surface area contributed by atoms with Gasteiger partial charge in [-0.3, -0.25) is 0 Å². The molecular formula is C15H18INO2. The molecule has 4 heteroatoms. The topological polar surface area (TPSA) is 48.4 Å². The highest BCUT2D eigenvalue weighted by molar-refractivity contribution is 14.1. The molecule has 0 aliphatic heterocycles. The molecule has 0 radical (unpaired) electrons. The smallest absolute Gasteiger partial charge is 0.171 e. The van der Waals surface area contributed by atoms with E-state index in [1.165, 1.54) is 0 Å². The Balaban J connectivity index is 2.27. The second kappa shape index (κ2) is 6.43. The van der Waals surface area contributed by atoms with Crippen LogP contribution in [0.3, 0.4) is 0 Å². The van der Waals surface area contributed by atoms with Gasteiger partial charge in [0.25, 0.3) is 0 Å². The molecule has 2 rings (SSSR count). The monoisotopic (exact) mass is 371 g/mol.